The lowest BCUT2D eigenvalue weighted by atomic mass is 10.0. The van der Waals surface area contributed by atoms with Crippen LogP contribution < -0.4 is 10.2 Å². The van der Waals surface area contributed by atoms with Crippen molar-refractivity contribution in [3.8, 4) is 0 Å². The summed E-state index contributed by atoms with van der Waals surface area (Å²) in [6.45, 7) is 4.17. The molecule has 0 amide bonds. The van der Waals surface area contributed by atoms with Gasteiger partial charge >= 0.3 is 0 Å². The maximum absolute atomic E-state index is 6.22. The van der Waals surface area contributed by atoms with Crippen molar-refractivity contribution in [2.75, 3.05) is 24.5 Å². The molecule has 1 fully saturated rings. The molecule has 1 heterocycles. The van der Waals surface area contributed by atoms with Crippen molar-refractivity contribution in [2.45, 2.75) is 6.54 Å². The van der Waals surface area contributed by atoms with Crippen LogP contribution in [0.2, 0.25) is 5.02 Å². The Bertz CT molecular complexity index is 842. The zero-order chi connectivity index (χ0) is 16.4. The molecule has 0 aliphatic carbocycles. The van der Waals surface area contributed by atoms with Crippen LogP contribution in [0.4, 0.5) is 5.69 Å². The van der Waals surface area contributed by atoms with Crippen LogP contribution in [0.25, 0.3) is 10.8 Å². The van der Waals surface area contributed by atoms with Crippen LogP contribution in [0, 0.1) is 5.92 Å². The summed E-state index contributed by atoms with van der Waals surface area (Å²) >= 11 is 6.22. The van der Waals surface area contributed by atoms with Crippen LogP contribution >= 0.6 is 11.6 Å². The van der Waals surface area contributed by atoms with E-state index in [0.717, 1.165) is 31.2 Å². The zero-order valence-electron chi connectivity index (χ0n) is 13.6. The van der Waals surface area contributed by atoms with E-state index >= 15 is 0 Å². The summed E-state index contributed by atoms with van der Waals surface area (Å²) in [6, 6.07) is 23.5. The molecule has 0 atom stereocenters. The molecule has 1 aliphatic rings. The summed E-state index contributed by atoms with van der Waals surface area (Å²) in [7, 11) is 0. The van der Waals surface area contributed by atoms with Gasteiger partial charge in [-0.05, 0) is 40.6 Å². The van der Waals surface area contributed by atoms with Gasteiger partial charge in [0.15, 0.2) is 0 Å². The Balaban J connectivity index is 1.61. The topological polar surface area (TPSA) is 15.3 Å². The van der Waals surface area contributed by atoms with Gasteiger partial charge in [0.2, 0.25) is 0 Å². The Kier molecular flexibility index (Phi) is 4.42. The normalized spacial score (nSPS) is 14.5. The van der Waals surface area contributed by atoms with Gasteiger partial charge in [0.25, 0.3) is 0 Å². The van der Waals surface area contributed by atoms with Crippen LogP contribution in [0.3, 0.4) is 0 Å². The second-order valence-electron chi connectivity index (χ2n) is 6.57. The number of hydrogen-bond donors (Lipinski definition) is 1. The van der Waals surface area contributed by atoms with Gasteiger partial charge in [0.1, 0.15) is 0 Å². The van der Waals surface area contributed by atoms with Gasteiger partial charge in [0, 0.05) is 42.8 Å². The second-order valence-corrected chi connectivity index (χ2v) is 7.00. The lowest BCUT2D eigenvalue weighted by Crippen LogP contribution is -2.48. The Morgan fingerprint density at radius 1 is 0.917 bits per heavy atom. The molecule has 0 spiro atoms. The lowest BCUT2D eigenvalue weighted by Gasteiger charge is -2.34. The van der Waals surface area contributed by atoms with E-state index in [0.29, 0.717) is 5.92 Å². The van der Waals surface area contributed by atoms with Crippen LogP contribution in [-0.2, 0) is 6.54 Å². The third-order valence-electron chi connectivity index (χ3n) is 4.71. The highest BCUT2D eigenvalue weighted by Gasteiger charge is 2.21. The highest BCUT2D eigenvalue weighted by atomic mass is 35.5. The fourth-order valence-electron chi connectivity index (χ4n) is 3.28. The molecule has 2 nitrogen and oxygen atoms in total. The Labute approximate surface area is 148 Å². The number of halogens is 1. The predicted octanol–water partition coefficient (Wildman–Crippen LogP) is 4.72. The van der Waals surface area contributed by atoms with Gasteiger partial charge < -0.3 is 10.2 Å². The Morgan fingerprint density at radius 3 is 2.50 bits per heavy atom. The average molecular weight is 337 g/mol. The van der Waals surface area contributed by atoms with E-state index < -0.39 is 0 Å². The minimum absolute atomic E-state index is 0.712. The standard InChI is InChI=1S/C21H21ClN2/c22-20-6-3-7-21(11-20)24(15-17-12-23-13-17)14-16-8-9-18-4-1-2-5-19(18)10-16/h1-11,17,23H,12-15H2. The maximum Gasteiger partial charge on any atom is 0.0429 e. The van der Waals surface area contributed by atoms with Gasteiger partial charge in [-0.15, -0.1) is 0 Å². The van der Waals surface area contributed by atoms with Crippen molar-refractivity contribution >= 4 is 28.1 Å². The van der Waals surface area contributed by atoms with E-state index in [9.17, 15) is 0 Å². The van der Waals surface area contributed by atoms with E-state index in [1.807, 2.05) is 12.1 Å². The molecule has 3 heteroatoms. The summed E-state index contributed by atoms with van der Waals surface area (Å²) < 4.78 is 0. The first kappa shape index (κ1) is 15.5. The highest BCUT2D eigenvalue weighted by molar-refractivity contribution is 6.30. The maximum atomic E-state index is 6.22. The predicted molar refractivity (Wildman–Crippen MR) is 103 cm³/mol. The van der Waals surface area contributed by atoms with Gasteiger partial charge in [0.05, 0.1) is 0 Å². The van der Waals surface area contributed by atoms with Gasteiger partial charge in [-0.1, -0.05) is 54.1 Å². The molecule has 3 aromatic rings. The van der Waals surface area contributed by atoms with Crippen molar-refractivity contribution in [2.24, 2.45) is 5.92 Å². The van der Waals surface area contributed by atoms with Crippen LogP contribution in [0.15, 0.2) is 66.7 Å². The SMILES string of the molecule is Clc1cccc(N(Cc2ccc3ccccc3c2)CC2CNC2)c1. The first-order chi connectivity index (χ1) is 11.8. The van der Waals surface area contributed by atoms with Crippen LogP contribution in [0.5, 0.6) is 0 Å². The summed E-state index contributed by atoms with van der Waals surface area (Å²) in [4.78, 5) is 2.45. The molecule has 4 rings (SSSR count). The Morgan fingerprint density at radius 2 is 1.75 bits per heavy atom. The fourth-order valence-corrected chi connectivity index (χ4v) is 3.47. The molecule has 1 N–H and O–H groups in total. The van der Waals surface area contributed by atoms with E-state index in [1.165, 1.54) is 22.0 Å². The number of fused-ring (bicyclic) bond motifs is 1. The first-order valence-corrected chi connectivity index (χ1v) is 8.85. The number of benzene rings is 3. The molecule has 0 bridgehead atoms. The van der Waals surface area contributed by atoms with Crippen molar-refractivity contribution in [3.05, 3.63) is 77.3 Å². The monoisotopic (exact) mass is 336 g/mol. The van der Waals surface area contributed by atoms with Gasteiger partial charge in [-0.3, -0.25) is 0 Å². The first-order valence-electron chi connectivity index (χ1n) is 8.47. The molecule has 1 aliphatic heterocycles. The quantitative estimate of drug-likeness (QED) is 0.725. The largest absolute Gasteiger partial charge is 0.367 e. The van der Waals surface area contributed by atoms with E-state index in [2.05, 4.69) is 64.8 Å². The van der Waals surface area contributed by atoms with Crippen LogP contribution in [-0.4, -0.2) is 19.6 Å². The van der Waals surface area contributed by atoms with Crippen molar-refractivity contribution in [3.63, 3.8) is 0 Å². The number of anilines is 1. The lowest BCUT2D eigenvalue weighted by molar-refractivity contribution is 0.348. The summed E-state index contributed by atoms with van der Waals surface area (Å²) in [5.41, 5.74) is 2.53. The van der Waals surface area contributed by atoms with E-state index in [4.69, 9.17) is 11.6 Å². The molecule has 0 unspecified atom stereocenters. The van der Waals surface area contributed by atoms with Gasteiger partial charge in [-0.2, -0.15) is 0 Å². The summed E-state index contributed by atoms with van der Waals surface area (Å²) in [5.74, 6) is 0.712. The minimum atomic E-state index is 0.712. The third kappa shape index (κ3) is 3.40. The van der Waals surface area contributed by atoms with Crippen molar-refractivity contribution < 1.29 is 0 Å². The molecule has 0 radical (unpaired) electrons. The third-order valence-corrected chi connectivity index (χ3v) is 4.94. The molecule has 0 aromatic heterocycles. The number of nitrogens with one attached hydrogen (secondary N) is 1. The number of nitrogens with zero attached hydrogens (tertiary/aromatic N) is 1. The fraction of sp³-hybridized carbons (Fsp3) is 0.238. The molecule has 3 aromatic carbocycles. The molecule has 0 saturated carbocycles. The smallest absolute Gasteiger partial charge is 0.0429 e. The molecule has 24 heavy (non-hydrogen) atoms. The average Bonchev–Trinajstić information content (AvgIpc) is 2.57. The number of rotatable bonds is 5. The van der Waals surface area contributed by atoms with E-state index in [-0.39, 0.29) is 0 Å². The zero-order valence-corrected chi connectivity index (χ0v) is 14.3. The highest BCUT2D eigenvalue weighted by Crippen LogP contribution is 2.24. The van der Waals surface area contributed by atoms with Crippen LogP contribution in [0.1, 0.15) is 5.56 Å². The number of hydrogen-bond acceptors (Lipinski definition) is 2. The molecule has 1 saturated heterocycles. The van der Waals surface area contributed by atoms with Crippen molar-refractivity contribution in [1.82, 2.24) is 5.32 Å². The molecular formula is C21H21ClN2. The Hall–Kier alpha value is -2.03. The molecular weight excluding hydrogens is 316 g/mol. The van der Waals surface area contributed by atoms with E-state index in [1.54, 1.807) is 0 Å². The minimum Gasteiger partial charge on any atom is -0.367 e. The molecule has 122 valence electrons. The van der Waals surface area contributed by atoms with Gasteiger partial charge in [-0.25, -0.2) is 0 Å². The summed E-state index contributed by atoms with van der Waals surface area (Å²) in [6.07, 6.45) is 0. The second kappa shape index (κ2) is 6.84. The summed E-state index contributed by atoms with van der Waals surface area (Å²) in [5, 5.41) is 6.75. The van der Waals surface area contributed by atoms with Crippen molar-refractivity contribution in [1.29, 1.82) is 0 Å².